The van der Waals surface area contributed by atoms with Crippen LogP contribution in [0.3, 0.4) is 0 Å². The number of carbonyl (C=O) groups excluding carboxylic acids is 2. The first-order valence-corrected chi connectivity index (χ1v) is 10.3. The number of carbonyl (C=O) groups is 2. The van der Waals surface area contributed by atoms with Crippen LogP contribution in [0, 0.1) is 0 Å². The molecule has 1 amide bonds. The fourth-order valence-corrected chi connectivity index (χ4v) is 2.98. The summed E-state index contributed by atoms with van der Waals surface area (Å²) in [4.78, 5) is 25.1. The van der Waals surface area contributed by atoms with Crippen molar-refractivity contribution < 1.29 is 19.1 Å². The molecule has 3 rings (SSSR count). The number of rotatable bonds is 8. The minimum Gasteiger partial charge on any atom is -0.449 e. The highest BCUT2D eigenvalue weighted by Crippen LogP contribution is 2.27. The van der Waals surface area contributed by atoms with E-state index in [1.807, 2.05) is 80.6 Å². The lowest BCUT2D eigenvalue weighted by Crippen LogP contribution is -2.30. The number of benzene rings is 3. The SMILES string of the molecule is CC(C)OCc1ccc(C(=O)O[C@@H](C)C(=O)Nc2ccccc2-c2ccccc2)cc1. The van der Waals surface area contributed by atoms with Crippen LogP contribution in [0.1, 0.15) is 36.7 Å². The summed E-state index contributed by atoms with van der Waals surface area (Å²) >= 11 is 0. The molecule has 0 fully saturated rings. The molecule has 0 saturated carbocycles. The average molecular weight is 418 g/mol. The lowest BCUT2D eigenvalue weighted by molar-refractivity contribution is -0.123. The van der Waals surface area contributed by atoms with Gasteiger partial charge in [-0.3, -0.25) is 4.79 Å². The summed E-state index contributed by atoms with van der Waals surface area (Å²) in [6.45, 7) is 5.97. The fraction of sp³-hybridized carbons (Fsp3) is 0.231. The molecule has 5 nitrogen and oxygen atoms in total. The van der Waals surface area contributed by atoms with E-state index in [4.69, 9.17) is 9.47 Å². The first kappa shape index (κ1) is 22.2. The van der Waals surface area contributed by atoms with Crippen molar-refractivity contribution in [2.75, 3.05) is 5.32 Å². The van der Waals surface area contributed by atoms with E-state index in [0.29, 0.717) is 17.9 Å². The summed E-state index contributed by atoms with van der Waals surface area (Å²) < 4.78 is 10.9. The van der Waals surface area contributed by atoms with Crippen molar-refractivity contribution in [2.24, 2.45) is 0 Å². The Morgan fingerprint density at radius 1 is 0.839 bits per heavy atom. The van der Waals surface area contributed by atoms with E-state index < -0.39 is 18.0 Å². The van der Waals surface area contributed by atoms with Gasteiger partial charge in [-0.2, -0.15) is 0 Å². The first-order chi connectivity index (χ1) is 14.9. The second-order valence-corrected chi connectivity index (χ2v) is 7.51. The van der Waals surface area contributed by atoms with Crippen molar-refractivity contribution in [3.8, 4) is 11.1 Å². The second-order valence-electron chi connectivity index (χ2n) is 7.51. The second kappa shape index (κ2) is 10.5. The molecule has 5 heteroatoms. The summed E-state index contributed by atoms with van der Waals surface area (Å²) in [7, 11) is 0. The molecule has 160 valence electrons. The molecule has 0 heterocycles. The number of nitrogens with one attached hydrogen (secondary N) is 1. The van der Waals surface area contributed by atoms with Gasteiger partial charge in [0.15, 0.2) is 6.10 Å². The molecular weight excluding hydrogens is 390 g/mol. The van der Waals surface area contributed by atoms with Crippen LogP contribution in [-0.4, -0.2) is 24.1 Å². The lowest BCUT2D eigenvalue weighted by atomic mass is 10.0. The number of esters is 1. The molecule has 1 atom stereocenters. The van der Waals surface area contributed by atoms with E-state index in [1.165, 1.54) is 0 Å². The van der Waals surface area contributed by atoms with Crippen molar-refractivity contribution >= 4 is 17.6 Å². The van der Waals surface area contributed by atoms with E-state index in [-0.39, 0.29) is 6.10 Å². The Bertz CT molecular complexity index is 1010. The van der Waals surface area contributed by atoms with Gasteiger partial charge in [-0.1, -0.05) is 60.7 Å². The monoisotopic (exact) mass is 417 g/mol. The zero-order valence-corrected chi connectivity index (χ0v) is 18.0. The zero-order chi connectivity index (χ0) is 22.2. The molecule has 3 aromatic carbocycles. The predicted molar refractivity (Wildman–Crippen MR) is 122 cm³/mol. The summed E-state index contributed by atoms with van der Waals surface area (Å²) in [5.41, 5.74) is 3.90. The number of hydrogen-bond acceptors (Lipinski definition) is 4. The molecule has 1 N–H and O–H groups in total. The van der Waals surface area contributed by atoms with Gasteiger partial charge in [0.25, 0.3) is 5.91 Å². The Hall–Kier alpha value is -3.44. The van der Waals surface area contributed by atoms with Crippen molar-refractivity contribution in [1.29, 1.82) is 0 Å². The molecule has 0 saturated heterocycles. The molecule has 3 aromatic rings. The highest BCUT2D eigenvalue weighted by Gasteiger charge is 2.20. The van der Waals surface area contributed by atoms with Crippen molar-refractivity contribution in [3.63, 3.8) is 0 Å². The van der Waals surface area contributed by atoms with Crippen LogP contribution in [0.4, 0.5) is 5.69 Å². The third kappa shape index (κ3) is 6.27. The van der Waals surface area contributed by atoms with Gasteiger partial charge in [-0.15, -0.1) is 0 Å². The molecule has 0 spiro atoms. The molecule has 0 aliphatic carbocycles. The minimum atomic E-state index is -0.944. The number of ether oxygens (including phenoxy) is 2. The third-order valence-electron chi connectivity index (χ3n) is 4.70. The summed E-state index contributed by atoms with van der Waals surface area (Å²) in [6, 6.07) is 24.3. The van der Waals surface area contributed by atoms with Crippen LogP contribution in [0.25, 0.3) is 11.1 Å². The van der Waals surface area contributed by atoms with Gasteiger partial charge in [-0.25, -0.2) is 4.79 Å². The third-order valence-corrected chi connectivity index (χ3v) is 4.70. The van der Waals surface area contributed by atoms with Crippen LogP contribution in [0.5, 0.6) is 0 Å². The van der Waals surface area contributed by atoms with Crippen LogP contribution >= 0.6 is 0 Å². The number of para-hydroxylation sites is 1. The quantitative estimate of drug-likeness (QED) is 0.494. The molecule has 0 radical (unpaired) electrons. The predicted octanol–water partition coefficient (Wildman–Crippen LogP) is 5.46. The van der Waals surface area contributed by atoms with Crippen LogP contribution in [0.15, 0.2) is 78.9 Å². The van der Waals surface area contributed by atoms with E-state index in [1.54, 1.807) is 19.1 Å². The van der Waals surface area contributed by atoms with Gasteiger partial charge in [-0.05, 0) is 50.1 Å². The highest BCUT2D eigenvalue weighted by molar-refractivity contribution is 5.99. The average Bonchev–Trinajstić information content (AvgIpc) is 2.79. The first-order valence-electron chi connectivity index (χ1n) is 10.3. The number of amides is 1. The Balaban J connectivity index is 1.62. The summed E-state index contributed by atoms with van der Waals surface area (Å²) in [6.07, 6.45) is -0.809. The molecule has 0 bridgehead atoms. The maximum Gasteiger partial charge on any atom is 0.338 e. The van der Waals surface area contributed by atoms with E-state index in [9.17, 15) is 9.59 Å². The molecule has 0 aliphatic heterocycles. The maximum absolute atomic E-state index is 12.7. The van der Waals surface area contributed by atoms with Gasteiger partial charge in [0.1, 0.15) is 0 Å². The van der Waals surface area contributed by atoms with E-state index in [0.717, 1.165) is 16.7 Å². The van der Waals surface area contributed by atoms with Crippen molar-refractivity contribution in [2.45, 2.75) is 39.6 Å². The molecule has 0 aliphatic rings. The Labute approximate surface area is 183 Å². The fourth-order valence-electron chi connectivity index (χ4n) is 2.98. The maximum atomic E-state index is 12.7. The molecule has 0 aromatic heterocycles. The Morgan fingerprint density at radius 3 is 2.16 bits per heavy atom. The van der Waals surface area contributed by atoms with Crippen LogP contribution in [0.2, 0.25) is 0 Å². The van der Waals surface area contributed by atoms with Gasteiger partial charge in [0.05, 0.1) is 18.3 Å². The lowest BCUT2D eigenvalue weighted by Gasteiger charge is -2.16. The Kier molecular flexibility index (Phi) is 7.57. The van der Waals surface area contributed by atoms with Crippen LogP contribution in [-0.2, 0) is 20.9 Å². The van der Waals surface area contributed by atoms with Crippen LogP contribution < -0.4 is 5.32 Å². The van der Waals surface area contributed by atoms with E-state index >= 15 is 0 Å². The molecule has 31 heavy (non-hydrogen) atoms. The van der Waals surface area contributed by atoms with Gasteiger partial charge in [0, 0.05) is 11.3 Å². The van der Waals surface area contributed by atoms with E-state index in [2.05, 4.69) is 5.32 Å². The largest absolute Gasteiger partial charge is 0.449 e. The minimum absolute atomic E-state index is 0.135. The van der Waals surface area contributed by atoms with Crippen molar-refractivity contribution in [3.05, 3.63) is 90.0 Å². The van der Waals surface area contributed by atoms with Gasteiger partial charge >= 0.3 is 5.97 Å². The summed E-state index contributed by atoms with van der Waals surface area (Å²) in [5.74, 6) is -0.936. The van der Waals surface area contributed by atoms with Gasteiger partial charge in [0.2, 0.25) is 0 Å². The number of anilines is 1. The zero-order valence-electron chi connectivity index (χ0n) is 18.0. The smallest absolute Gasteiger partial charge is 0.338 e. The normalized spacial score (nSPS) is 11.7. The summed E-state index contributed by atoms with van der Waals surface area (Å²) in [5, 5.41) is 2.87. The Morgan fingerprint density at radius 2 is 1.48 bits per heavy atom. The van der Waals surface area contributed by atoms with Gasteiger partial charge < -0.3 is 14.8 Å². The van der Waals surface area contributed by atoms with Crippen molar-refractivity contribution in [1.82, 2.24) is 0 Å². The number of hydrogen-bond donors (Lipinski definition) is 1. The topological polar surface area (TPSA) is 64.6 Å². The standard InChI is InChI=1S/C26H27NO4/c1-18(2)30-17-20-13-15-22(16-14-20)26(29)31-19(3)25(28)27-24-12-8-7-11-23(24)21-9-5-4-6-10-21/h4-16,18-19H,17H2,1-3H3,(H,27,28)/t19-/m0/s1. The molecular formula is C26H27NO4. The molecule has 0 unspecified atom stereocenters. The highest BCUT2D eigenvalue weighted by atomic mass is 16.5.